The molecule has 0 fully saturated rings. The molecule has 0 saturated carbocycles. The number of aryl methyl sites for hydroxylation is 1. The third-order valence-corrected chi connectivity index (χ3v) is 5.57. The van der Waals surface area contributed by atoms with Crippen LogP contribution >= 0.6 is 0 Å². The maximum Gasteiger partial charge on any atom is 0.244 e. The highest BCUT2D eigenvalue weighted by Crippen LogP contribution is 2.23. The van der Waals surface area contributed by atoms with Crippen LogP contribution in [-0.2, 0) is 37.1 Å². The summed E-state index contributed by atoms with van der Waals surface area (Å²) in [7, 11) is 0. The number of benzene rings is 1. The molecule has 1 aliphatic carbocycles. The molecule has 0 spiro atoms. The number of nitrogens with zero attached hydrogens (tertiary/aromatic N) is 6. The fourth-order valence-corrected chi connectivity index (χ4v) is 4.11. The summed E-state index contributed by atoms with van der Waals surface area (Å²) < 4.78 is 3.80. The molecule has 0 saturated heterocycles. The normalized spacial score (nSPS) is 16.1. The standard InChI is InChI=1S/C20H22N6O/c27-20(14-25-19-9-5-4-8-17(19)22-23-25)24-11-10-18-15(13-24)12-21-26(18)16-6-2-1-3-7-16/h1-3,6-7,12H,4-5,8-11,13-14H2. The Bertz CT molecular complexity index is 974. The van der Waals surface area contributed by atoms with E-state index in [2.05, 4.69) is 27.5 Å². The minimum Gasteiger partial charge on any atom is -0.336 e. The zero-order chi connectivity index (χ0) is 18.2. The van der Waals surface area contributed by atoms with Gasteiger partial charge in [0.05, 0.1) is 29.0 Å². The second-order valence-electron chi connectivity index (χ2n) is 7.28. The van der Waals surface area contributed by atoms with E-state index in [4.69, 9.17) is 0 Å². The van der Waals surface area contributed by atoms with Gasteiger partial charge < -0.3 is 4.90 Å². The van der Waals surface area contributed by atoms with Crippen LogP contribution in [-0.4, -0.2) is 42.1 Å². The second-order valence-corrected chi connectivity index (χ2v) is 7.28. The van der Waals surface area contributed by atoms with Crippen LogP contribution in [0.15, 0.2) is 36.5 Å². The molecule has 7 heteroatoms. The summed E-state index contributed by atoms with van der Waals surface area (Å²) in [5, 5.41) is 13.0. The second kappa shape index (κ2) is 6.64. The van der Waals surface area contributed by atoms with Crippen LogP contribution in [0.3, 0.4) is 0 Å². The van der Waals surface area contributed by atoms with Gasteiger partial charge in [0.2, 0.25) is 5.91 Å². The van der Waals surface area contributed by atoms with Gasteiger partial charge in [0.15, 0.2) is 0 Å². The summed E-state index contributed by atoms with van der Waals surface area (Å²) in [4.78, 5) is 14.8. The van der Waals surface area contributed by atoms with E-state index in [1.54, 1.807) is 4.68 Å². The van der Waals surface area contributed by atoms with Crippen molar-refractivity contribution in [3.8, 4) is 5.69 Å². The van der Waals surface area contributed by atoms with E-state index >= 15 is 0 Å². The third kappa shape index (κ3) is 2.93. The Labute approximate surface area is 157 Å². The zero-order valence-electron chi connectivity index (χ0n) is 15.2. The summed E-state index contributed by atoms with van der Waals surface area (Å²) in [6.07, 6.45) is 6.98. The highest BCUT2D eigenvalue weighted by atomic mass is 16.2. The number of fused-ring (bicyclic) bond motifs is 2. The van der Waals surface area contributed by atoms with E-state index in [-0.39, 0.29) is 12.5 Å². The lowest BCUT2D eigenvalue weighted by Crippen LogP contribution is -2.38. The van der Waals surface area contributed by atoms with Crippen molar-refractivity contribution < 1.29 is 4.79 Å². The average molecular weight is 362 g/mol. The van der Waals surface area contributed by atoms with Crippen LogP contribution in [0.2, 0.25) is 0 Å². The van der Waals surface area contributed by atoms with E-state index in [1.807, 2.05) is 34.0 Å². The summed E-state index contributed by atoms with van der Waals surface area (Å²) in [6, 6.07) is 10.1. The smallest absolute Gasteiger partial charge is 0.244 e. The molecule has 3 aromatic rings. The van der Waals surface area contributed by atoms with Gasteiger partial charge in [-0.1, -0.05) is 23.4 Å². The number of carbonyl (C=O) groups excluding carboxylic acids is 1. The monoisotopic (exact) mass is 362 g/mol. The van der Waals surface area contributed by atoms with E-state index in [1.165, 1.54) is 12.1 Å². The molecule has 0 radical (unpaired) electrons. The van der Waals surface area contributed by atoms with Gasteiger partial charge >= 0.3 is 0 Å². The van der Waals surface area contributed by atoms with Crippen molar-refractivity contribution in [3.63, 3.8) is 0 Å². The van der Waals surface area contributed by atoms with Crippen molar-refractivity contribution >= 4 is 5.91 Å². The van der Waals surface area contributed by atoms with Gasteiger partial charge in [0.25, 0.3) is 0 Å². The van der Waals surface area contributed by atoms with E-state index in [9.17, 15) is 4.79 Å². The summed E-state index contributed by atoms with van der Waals surface area (Å²) in [5.74, 6) is 0.103. The van der Waals surface area contributed by atoms with Crippen LogP contribution in [0.5, 0.6) is 0 Å². The van der Waals surface area contributed by atoms with E-state index in [0.29, 0.717) is 13.1 Å². The predicted molar refractivity (Wildman–Crippen MR) is 99.3 cm³/mol. The number of amides is 1. The third-order valence-electron chi connectivity index (χ3n) is 5.57. The molecule has 3 heterocycles. The number of aromatic nitrogens is 5. The van der Waals surface area contributed by atoms with Crippen molar-refractivity contribution in [1.29, 1.82) is 0 Å². The molecule has 0 bridgehead atoms. The quantitative estimate of drug-likeness (QED) is 0.714. The Balaban J connectivity index is 1.32. The van der Waals surface area contributed by atoms with E-state index < -0.39 is 0 Å². The number of hydrogen-bond acceptors (Lipinski definition) is 4. The van der Waals surface area contributed by atoms with E-state index in [0.717, 1.165) is 48.3 Å². The molecule has 1 aromatic carbocycles. The molecule has 1 amide bonds. The summed E-state index contributed by atoms with van der Waals surface area (Å²) >= 11 is 0. The Morgan fingerprint density at radius 3 is 2.78 bits per heavy atom. The number of hydrogen-bond donors (Lipinski definition) is 0. The number of carbonyl (C=O) groups is 1. The lowest BCUT2D eigenvalue weighted by Gasteiger charge is -2.27. The fourth-order valence-electron chi connectivity index (χ4n) is 4.11. The maximum atomic E-state index is 12.8. The van der Waals surface area contributed by atoms with Crippen molar-refractivity contribution in [2.45, 2.75) is 45.2 Å². The molecule has 2 aromatic heterocycles. The molecular formula is C20H22N6O. The van der Waals surface area contributed by atoms with Crippen LogP contribution in [0.25, 0.3) is 5.69 Å². The van der Waals surface area contributed by atoms with Crippen LogP contribution in [0.4, 0.5) is 0 Å². The largest absolute Gasteiger partial charge is 0.336 e. The van der Waals surface area contributed by atoms with Crippen molar-refractivity contribution in [2.75, 3.05) is 6.54 Å². The van der Waals surface area contributed by atoms with Gasteiger partial charge in [-0.15, -0.1) is 5.10 Å². The van der Waals surface area contributed by atoms with Gasteiger partial charge in [-0.3, -0.25) is 4.79 Å². The minimum absolute atomic E-state index is 0.103. The van der Waals surface area contributed by atoms with Gasteiger partial charge in [0, 0.05) is 25.1 Å². The lowest BCUT2D eigenvalue weighted by molar-refractivity contribution is -0.133. The van der Waals surface area contributed by atoms with Crippen LogP contribution in [0, 0.1) is 0 Å². The first-order chi connectivity index (χ1) is 13.3. The summed E-state index contributed by atoms with van der Waals surface area (Å²) in [5.41, 5.74) is 5.60. The highest BCUT2D eigenvalue weighted by Gasteiger charge is 2.26. The topological polar surface area (TPSA) is 68.8 Å². The molecule has 5 rings (SSSR count). The van der Waals surface area contributed by atoms with Gasteiger partial charge in [-0.2, -0.15) is 5.10 Å². The van der Waals surface area contributed by atoms with Crippen molar-refractivity contribution in [3.05, 3.63) is 59.2 Å². The highest BCUT2D eigenvalue weighted by molar-refractivity contribution is 5.76. The molecular weight excluding hydrogens is 340 g/mol. The van der Waals surface area contributed by atoms with Crippen LogP contribution < -0.4 is 0 Å². The Morgan fingerprint density at radius 2 is 1.89 bits per heavy atom. The molecule has 2 aliphatic rings. The Hall–Kier alpha value is -2.96. The van der Waals surface area contributed by atoms with Crippen molar-refractivity contribution in [2.24, 2.45) is 0 Å². The minimum atomic E-state index is 0.103. The first kappa shape index (κ1) is 16.2. The predicted octanol–water partition coefficient (Wildman–Crippen LogP) is 1.93. The maximum absolute atomic E-state index is 12.8. The lowest BCUT2D eigenvalue weighted by atomic mass is 10.0. The summed E-state index contributed by atoms with van der Waals surface area (Å²) in [6.45, 7) is 1.60. The first-order valence-electron chi connectivity index (χ1n) is 9.60. The van der Waals surface area contributed by atoms with Gasteiger partial charge in [-0.25, -0.2) is 9.36 Å². The number of rotatable bonds is 3. The average Bonchev–Trinajstić information content (AvgIpc) is 3.32. The molecule has 7 nitrogen and oxygen atoms in total. The zero-order valence-corrected chi connectivity index (χ0v) is 15.2. The first-order valence-corrected chi connectivity index (χ1v) is 9.60. The molecule has 1 aliphatic heterocycles. The van der Waals surface area contributed by atoms with Gasteiger partial charge in [-0.05, 0) is 37.8 Å². The molecule has 27 heavy (non-hydrogen) atoms. The molecule has 0 atom stereocenters. The number of para-hydroxylation sites is 1. The SMILES string of the molecule is O=C(Cn1nnc2c1CCCC2)N1CCc2c(cnn2-c2ccccc2)C1. The Kier molecular flexibility index (Phi) is 3.99. The molecule has 0 N–H and O–H groups in total. The van der Waals surface area contributed by atoms with Gasteiger partial charge in [0.1, 0.15) is 6.54 Å². The fraction of sp³-hybridized carbons (Fsp3) is 0.400. The van der Waals surface area contributed by atoms with Crippen molar-refractivity contribution in [1.82, 2.24) is 29.7 Å². The molecule has 138 valence electrons. The Morgan fingerprint density at radius 1 is 1.04 bits per heavy atom. The van der Waals surface area contributed by atoms with Crippen LogP contribution in [0.1, 0.15) is 35.5 Å². The molecule has 0 unspecified atom stereocenters.